The summed E-state index contributed by atoms with van der Waals surface area (Å²) >= 11 is 6.12. The molecule has 0 radical (unpaired) electrons. The third-order valence-electron chi connectivity index (χ3n) is 5.76. The van der Waals surface area contributed by atoms with Gasteiger partial charge < -0.3 is 10.0 Å². The highest BCUT2D eigenvalue weighted by Gasteiger charge is 2.36. The Labute approximate surface area is 174 Å². The van der Waals surface area contributed by atoms with Gasteiger partial charge in [0.25, 0.3) is 0 Å². The molecule has 0 aromatic heterocycles. The average Bonchev–Trinajstić information content (AvgIpc) is 3.24. The van der Waals surface area contributed by atoms with Crippen LogP contribution < -0.4 is 0 Å². The van der Waals surface area contributed by atoms with E-state index in [0.29, 0.717) is 13.0 Å². The third-order valence-corrected chi connectivity index (χ3v) is 6.11. The molecule has 2 aromatic rings. The van der Waals surface area contributed by atoms with Gasteiger partial charge in [0.05, 0.1) is 31.7 Å². The molecule has 1 N–H and O–H groups in total. The molecular formula is C23H22ClFN2O2. The molecule has 0 bridgehead atoms. The van der Waals surface area contributed by atoms with Crippen molar-refractivity contribution >= 4 is 29.3 Å². The van der Waals surface area contributed by atoms with Crippen molar-refractivity contribution in [1.82, 2.24) is 4.90 Å². The maximum atomic E-state index is 14.2. The summed E-state index contributed by atoms with van der Waals surface area (Å²) in [6, 6.07) is 9.83. The summed E-state index contributed by atoms with van der Waals surface area (Å²) in [5, 5.41) is 10.3. The topological polar surface area (TPSA) is 52.9 Å². The monoisotopic (exact) mass is 412 g/mol. The van der Waals surface area contributed by atoms with E-state index in [-0.39, 0.29) is 41.6 Å². The van der Waals surface area contributed by atoms with Gasteiger partial charge in [0.2, 0.25) is 5.91 Å². The van der Waals surface area contributed by atoms with Crippen LogP contribution in [-0.4, -0.2) is 41.3 Å². The summed E-state index contributed by atoms with van der Waals surface area (Å²) in [7, 11) is 0. The Morgan fingerprint density at radius 2 is 2.10 bits per heavy atom. The molecule has 4 rings (SSSR count). The van der Waals surface area contributed by atoms with E-state index in [0.717, 1.165) is 22.3 Å². The first kappa shape index (κ1) is 19.8. The van der Waals surface area contributed by atoms with Crippen LogP contribution in [0.4, 0.5) is 4.39 Å². The second-order valence-electron chi connectivity index (χ2n) is 7.42. The molecule has 150 valence electrons. The number of aliphatic hydroxyl groups is 1. The van der Waals surface area contributed by atoms with Gasteiger partial charge in [-0.1, -0.05) is 41.9 Å². The number of benzene rings is 2. The summed E-state index contributed by atoms with van der Waals surface area (Å²) in [5.74, 6) is -0.743. The third kappa shape index (κ3) is 3.61. The summed E-state index contributed by atoms with van der Waals surface area (Å²) in [6.07, 6.45) is 4.34. The number of aliphatic hydroxyl groups excluding tert-OH is 1. The van der Waals surface area contributed by atoms with Crippen molar-refractivity contribution in [3.8, 4) is 0 Å². The van der Waals surface area contributed by atoms with Gasteiger partial charge >= 0.3 is 0 Å². The number of hydrogen-bond acceptors (Lipinski definition) is 3. The predicted molar refractivity (Wildman–Crippen MR) is 113 cm³/mol. The molecule has 6 heteroatoms. The van der Waals surface area contributed by atoms with Gasteiger partial charge in [-0.2, -0.15) is 0 Å². The van der Waals surface area contributed by atoms with Gasteiger partial charge in [0.1, 0.15) is 5.82 Å². The van der Waals surface area contributed by atoms with Crippen LogP contribution in [0.5, 0.6) is 0 Å². The number of rotatable bonds is 4. The normalized spacial score (nSPS) is 20.6. The highest BCUT2D eigenvalue weighted by Crippen LogP contribution is 2.37. The van der Waals surface area contributed by atoms with E-state index in [1.807, 2.05) is 25.3 Å². The molecule has 4 nitrogen and oxygen atoms in total. The zero-order chi connectivity index (χ0) is 20.5. The lowest BCUT2D eigenvalue weighted by Gasteiger charge is -2.42. The SMILES string of the molecule is C[C@H]1c2cccc(C3=CCN=C3)c2C[C@H](CO)N1C(=O)Cc1c(F)cccc1Cl. The molecule has 0 fully saturated rings. The van der Waals surface area contributed by atoms with Gasteiger partial charge in [-0.05, 0) is 47.7 Å². The molecule has 2 aliphatic heterocycles. The van der Waals surface area contributed by atoms with Gasteiger partial charge in [0, 0.05) is 16.8 Å². The summed E-state index contributed by atoms with van der Waals surface area (Å²) in [5.41, 5.74) is 4.53. The fourth-order valence-electron chi connectivity index (χ4n) is 4.34. The van der Waals surface area contributed by atoms with Gasteiger partial charge in [-0.3, -0.25) is 9.79 Å². The first-order valence-electron chi connectivity index (χ1n) is 9.68. The Kier molecular flexibility index (Phi) is 5.52. The number of amides is 1. The van der Waals surface area contributed by atoms with Crippen LogP contribution in [0.3, 0.4) is 0 Å². The number of fused-ring (bicyclic) bond motifs is 1. The quantitative estimate of drug-likeness (QED) is 0.825. The van der Waals surface area contributed by atoms with Crippen molar-refractivity contribution in [1.29, 1.82) is 0 Å². The van der Waals surface area contributed by atoms with Crippen molar-refractivity contribution in [3.05, 3.63) is 75.6 Å². The number of aliphatic imine (C=N–C) groups is 1. The fourth-order valence-corrected chi connectivity index (χ4v) is 4.57. The summed E-state index contributed by atoms with van der Waals surface area (Å²) in [6.45, 7) is 2.45. The molecule has 0 spiro atoms. The number of nitrogens with zero attached hydrogens (tertiary/aromatic N) is 2. The zero-order valence-electron chi connectivity index (χ0n) is 16.1. The lowest BCUT2D eigenvalue weighted by molar-refractivity contribution is -0.137. The first-order chi connectivity index (χ1) is 14.0. The number of hydrogen-bond donors (Lipinski definition) is 1. The Bertz CT molecular complexity index is 998. The van der Waals surface area contributed by atoms with Crippen molar-refractivity contribution in [2.75, 3.05) is 13.2 Å². The summed E-state index contributed by atoms with van der Waals surface area (Å²) < 4.78 is 14.2. The largest absolute Gasteiger partial charge is 0.394 e. The van der Waals surface area contributed by atoms with Crippen molar-refractivity contribution < 1.29 is 14.3 Å². The van der Waals surface area contributed by atoms with E-state index in [2.05, 4.69) is 17.1 Å². The molecule has 2 aromatic carbocycles. The smallest absolute Gasteiger partial charge is 0.228 e. The minimum Gasteiger partial charge on any atom is -0.394 e. The maximum absolute atomic E-state index is 14.2. The van der Waals surface area contributed by atoms with Crippen LogP contribution in [0.15, 0.2) is 47.5 Å². The second-order valence-corrected chi connectivity index (χ2v) is 7.83. The van der Waals surface area contributed by atoms with Crippen molar-refractivity contribution in [3.63, 3.8) is 0 Å². The Morgan fingerprint density at radius 1 is 1.31 bits per heavy atom. The highest BCUT2D eigenvalue weighted by atomic mass is 35.5. The molecular weight excluding hydrogens is 391 g/mol. The molecule has 0 saturated heterocycles. The van der Waals surface area contributed by atoms with Crippen LogP contribution in [0.1, 0.15) is 35.2 Å². The number of carbonyl (C=O) groups is 1. The van der Waals surface area contributed by atoms with Crippen LogP contribution >= 0.6 is 11.6 Å². The average molecular weight is 413 g/mol. The van der Waals surface area contributed by atoms with E-state index in [1.165, 1.54) is 12.1 Å². The van der Waals surface area contributed by atoms with Crippen molar-refractivity contribution in [2.24, 2.45) is 4.99 Å². The summed E-state index contributed by atoms with van der Waals surface area (Å²) in [4.78, 5) is 19.1. The first-order valence-corrected chi connectivity index (χ1v) is 10.1. The molecule has 2 aliphatic rings. The van der Waals surface area contributed by atoms with Crippen LogP contribution in [0, 0.1) is 5.82 Å². The lowest BCUT2D eigenvalue weighted by Crippen LogP contribution is -2.49. The van der Waals surface area contributed by atoms with Crippen LogP contribution in [0.25, 0.3) is 5.57 Å². The second kappa shape index (κ2) is 8.09. The van der Waals surface area contributed by atoms with E-state index < -0.39 is 5.82 Å². The number of halogens is 2. The molecule has 0 unspecified atom stereocenters. The predicted octanol–water partition coefficient (Wildman–Crippen LogP) is 4.00. The van der Waals surface area contributed by atoms with E-state index in [1.54, 1.807) is 11.0 Å². The molecule has 1 amide bonds. The Hall–Kier alpha value is -2.50. The Balaban J connectivity index is 1.69. The van der Waals surface area contributed by atoms with E-state index in [9.17, 15) is 14.3 Å². The van der Waals surface area contributed by atoms with Gasteiger partial charge in [-0.15, -0.1) is 0 Å². The van der Waals surface area contributed by atoms with Crippen LogP contribution in [-0.2, 0) is 17.6 Å². The number of carbonyl (C=O) groups excluding carboxylic acids is 1. The fraction of sp³-hybridized carbons (Fsp3) is 0.304. The minimum atomic E-state index is -0.494. The minimum absolute atomic E-state index is 0.140. The molecule has 2 atom stereocenters. The molecule has 2 heterocycles. The van der Waals surface area contributed by atoms with E-state index in [4.69, 9.17) is 11.6 Å². The Morgan fingerprint density at radius 3 is 2.79 bits per heavy atom. The van der Waals surface area contributed by atoms with E-state index >= 15 is 0 Å². The maximum Gasteiger partial charge on any atom is 0.228 e. The van der Waals surface area contributed by atoms with Crippen LogP contribution in [0.2, 0.25) is 5.02 Å². The van der Waals surface area contributed by atoms with Gasteiger partial charge in [0.15, 0.2) is 0 Å². The molecule has 0 aliphatic carbocycles. The number of allylic oxidation sites excluding steroid dienone is 1. The zero-order valence-corrected chi connectivity index (χ0v) is 16.9. The van der Waals surface area contributed by atoms with Gasteiger partial charge in [-0.25, -0.2) is 4.39 Å². The molecule has 0 saturated carbocycles. The standard InChI is InChI=1S/C23H22ClFN2O2/c1-14-17-4-2-5-18(15-8-9-26-12-15)19(17)10-16(13-28)27(14)23(29)11-20-21(24)6-3-7-22(20)25/h2-8,12,14,16,28H,9-11,13H2,1H3/t14-,16+/m0/s1. The van der Waals surface area contributed by atoms with Crippen molar-refractivity contribution in [2.45, 2.75) is 31.8 Å². The lowest BCUT2D eigenvalue weighted by atomic mass is 9.83. The highest BCUT2D eigenvalue weighted by molar-refractivity contribution is 6.31. The molecule has 29 heavy (non-hydrogen) atoms.